The summed E-state index contributed by atoms with van der Waals surface area (Å²) in [6.07, 6.45) is 5.32. The predicted molar refractivity (Wildman–Crippen MR) is 120 cm³/mol. The Morgan fingerprint density at radius 3 is 2.66 bits per heavy atom. The second-order valence-electron chi connectivity index (χ2n) is 7.86. The van der Waals surface area contributed by atoms with Gasteiger partial charge in [-0.2, -0.15) is 0 Å². The number of pyridine rings is 1. The van der Waals surface area contributed by atoms with Gasteiger partial charge in [-0.15, -0.1) is 10.2 Å². The van der Waals surface area contributed by atoms with Gasteiger partial charge in [-0.25, -0.2) is 9.97 Å². The van der Waals surface area contributed by atoms with Crippen molar-refractivity contribution in [2.75, 3.05) is 31.6 Å². The van der Waals surface area contributed by atoms with E-state index in [-0.39, 0.29) is 11.9 Å². The molecule has 32 heavy (non-hydrogen) atoms. The molecule has 1 amide bonds. The molecule has 3 aromatic heterocycles. The Bertz CT molecular complexity index is 1210. The Morgan fingerprint density at radius 2 is 1.84 bits per heavy atom. The highest BCUT2D eigenvalue weighted by Crippen LogP contribution is 2.25. The van der Waals surface area contributed by atoms with Crippen LogP contribution in [0.5, 0.6) is 0 Å². The van der Waals surface area contributed by atoms with Gasteiger partial charge in [-0.1, -0.05) is 30.3 Å². The number of rotatable bonds is 5. The highest BCUT2D eigenvalue weighted by atomic mass is 16.1. The van der Waals surface area contributed by atoms with Crippen molar-refractivity contribution in [2.45, 2.75) is 12.6 Å². The van der Waals surface area contributed by atoms with Crippen LogP contribution in [-0.4, -0.2) is 62.1 Å². The van der Waals surface area contributed by atoms with Crippen LogP contribution in [0, 0.1) is 0 Å². The van der Waals surface area contributed by atoms with E-state index in [0.29, 0.717) is 30.2 Å². The highest BCUT2D eigenvalue weighted by molar-refractivity contribution is 5.94. The smallest absolute Gasteiger partial charge is 0.253 e. The number of benzene rings is 1. The number of piperazine rings is 1. The fourth-order valence-corrected chi connectivity index (χ4v) is 3.94. The second-order valence-corrected chi connectivity index (χ2v) is 7.86. The molecule has 9 heteroatoms. The molecule has 1 aromatic carbocycles. The molecule has 4 aromatic rings. The molecule has 162 valence electrons. The third-order valence-electron chi connectivity index (χ3n) is 5.77. The zero-order valence-electron chi connectivity index (χ0n) is 17.8. The summed E-state index contributed by atoms with van der Waals surface area (Å²) >= 11 is 0. The van der Waals surface area contributed by atoms with Crippen LogP contribution >= 0.6 is 0 Å². The van der Waals surface area contributed by atoms with Gasteiger partial charge in [0.2, 0.25) is 5.95 Å². The lowest BCUT2D eigenvalue weighted by molar-refractivity contribution is 0.0950. The number of hydrogen-bond acceptors (Lipinski definition) is 7. The largest absolute Gasteiger partial charge is 0.348 e. The Labute approximate surface area is 185 Å². The second kappa shape index (κ2) is 8.72. The van der Waals surface area contributed by atoms with Crippen LogP contribution in [0.1, 0.15) is 27.8 Å². The van der Waals surface area contributed by atoms with Crippen molar-refractivity contribution in [3.8, 4) is 0 Å². The van der Waals surface area contributed by atoms with Gasteiger partial charge < -0.3 is 10.2 Å². The van der Waals surface area contributed by atoms with Gasteiger partial charge in [0.15, 0.2) is 11.5 Å². The molecule has 0 spiro atoms. The molecular formula is C23H24N8O. The molecule has 0 radical (unpaired) electrons. The minimum Gasteiger partial charge on any atom is -0.348 e. The molecule has 1 fully saturated rings. The first-order valence-electron chi connectivity index (χ1n) is 10.6. The van der Waals surface area contributed by atoms with E-state index in [2.05, 4.69) is 42.3 Å². The van der Waals surface area contributed by atoms with E-state index in [9.17, 15) is 4.79 Å². The summed E-state index contributed by atoms with van der Waals surface area (Å²) in [5, 5.41) is 11.8. The summed E-state index contributed by atoms with van der Waals surface area (Å²) in [6, 6.07) is 15.3. The number of amides is 1. The summed E-state index contributed by atoms with van der Waals surface area (Å²) in [5.74, 6) is 1.37. The summed E-state index contributed by atoms with van der Waals surface area (Å²) in [7, 11) is 2.07. The lowest BCUT2D eigenvalue weighted by Crippen LogP contribution is -2.47. The summed E-state index contributed by atoms with van der Waals surface area (Å²) < 4.78 is 1.91. The van der Waals surface area contributed by atoms with Crippen LogP contribution in [0.2, 0.25) is 0 Å². The number of nitrogens with zero attached hydrogens (tertiary/aromatic N) is 7. The number of likely N-dealkylation sites (N-methyl/N-ethyl adjacent to an activating group) is 1. The topological polar surface area (TPSA) is 91.6 Å². The molecule has 0 saturated carbocycles. The van der Waals surface area contributed by atoms with Gasteiger partial charge in [0.25, 0.3) is 5.91 Å². The molecule has 5 rings (SSSR count). The average molecular weight is 429 g/mol. The van der Waals surface area contributed by atoms with Gasteiger partial charge in [0, 0.05) is 44.8 Å². The van der Waals surface area contributed by atoms with Crippen molar-refractivity contribution < 1.29 is 4.79 Å². The van der Waals surface area contributed by atoms with Crippen molar-refractivity contribution in [3.63, 3.8) is 0 Å². The normalized spacial score (nSPS) is 16.9. The third kappa shape index (κ3) is 4.02. The first-order chi connectivity index (χ1) is 15.7. The minimum atomic E-state index is -0.133. The fraction of sp³-hybridized carbons (Fsp3) is 0.261. The molecule has 9 nitrogen and oxygen atoms in total. The fourth-order valence-electron chi connectivity index (χ4n) is 3.94. The Morgan fingerprint density at radius 1 is 1.03 bits per heavy atom. The van der Waals surface area contributed by atoms with Crippen LogP contribution in [0.15, 0.2) is 67.1 Å². The van der Waals surface area contributed by atoms with Gasteiger partial charge in [-0.05, 0) is 30.8 Å². The van der Waals surface area contributed by atoms with Crippen LogP contribution in [-0.2, 0) is 6.54 Å². The number of nitrogens with one attached hydrogen (secondary N) is 1. The van der Waals surface area contributed by atoms with Crippen LogP contribution in [0.4, 0.5) is 5.95 Å². The first-order valence-corrected chi connectivity index (χ1v) is 10.6. The maximum Gasteiger partial charge on any atom is 0.253 e. The number of anilines is 1. The third-order valence-corrected chi connectivity index (χ3v) is 5.77. The van der Waals surface area contributed by atoms with Gasteiger partial charge in [0.1, 0.15) is 0 Å². The van der Waals surface area contributed by atoms with E-state index in [4.69, 9.17) is 0 Å². The highest BCUT2D eigenvalue weighted by Gasteiger charge is 2.30. The van der Waals surface area contributed by atoms with E-state index in [1.165, 1.54) is 0 Å². The number of fused-ring (bicyclic) bond motifs is 1. The Kier molecular flexibility index (Phi) is 5.47. The first kappa shape index (κ1) is 20.1. The summed E-state index contributed by atoms with van der Waals surface area (Å²) in [5.41, 5.74) is 2.33. The van der Waals surface area contributed by atoms with Crippen LogP contribution < -0.4 is 10.2 Å². The van der Waals surface area contributed by atoms with E-state index in [0.717, 1.165) is 24.5 Å². The monoisotopic (exact) mass is 428 g/mol. The lowest BCUT2D eigenvalue weighted by Gasteiger charge is -2.38. The van der Waals surface area contributed by atoms with Crippen molar-refractivity contribution >= 4 is 17.5 Å². The van der Waals surface area contributed by atoms with Crippen molar-refractivity contribution in [1.29, 1.82) is 0 Å². The predicted octanol–water partition coefficient (Wildman–Crippen LogP) is 1.94. The Hall–Kier alpha value is -3.85. The molecule has 0 unspecified atom stereocenters. The molecule has 1 aliphatic heterocycles. The van der Waals surface area contributed by atoms with Crippen LogP contribution in [0.3, 0.4) is 0 Å². The van der Waals surface area contributed by atoms with Crippen molar-refractivity contribution in [1.82, 2.24) is 34.8 Å². The van der Waals surface area contributed by atoms with E-state index >= 15 is 0 Å². The molecule has 0 aliphatic carbocycles. The average Bonchev–Trinajstić information content (AvgIpc) is 3.27. The van der Waals surface area contributed by atoms with Crippen LogP contribution in [0.25, 0.3) is 5.65 Å². The minimum absolute atomic E-state index is 0.00909. The molecule has 1 aliphatic rings. The number of carbonyl (C=O) groups excluding carboxylic acids is 1. The van der Waals surface area contributed by atoms with E-state index in [1.54, 1.807) is 18.5 Å². The van der Waals surface area contributed by atoms with E-state index in [1.807, 2.05) is 53.1 Å². The van der Waals surface area contributed by atoms with Gasteiger partial charge >= 0.3 is 0 Å². The summed E-state index contributed by atoms with van der Waals surface area (Å²) in [6.45, 7) is 2.84. The molecule has 1 N–H and O–H groups in total. The maximum atomic E-state index is 12.8. The Balaban J connectivity index is 1.38. The van der Waals surface area contributed by atoms with Crippen molar-refractivity contribution in [2.24, 2.45) is 0 Å². The quantitative estimate of drug-likeness (QED) is 0.519. The summed E-state index contributed by atoms with van der Waals surface area (Å²) in [4.78, 5) is 26.0. The van der Waals surface area contributed by atoms with Crippen molar-refractivity contribution in [3.05, 3.63) is 84.1 Å². The SMILES string of the molecule is CN1CCN(c2ncccn2)C[C@H]1c1nnc2ccc(C(=O)NCc3ccccc3)cn12. The standard InChI is InChI=1S/C23H24N8O/c1-29-12-13-30(23-24-10-5-11-25-23)16-19(29)21-28-27-20-9-8-18(15-31(20)21)22(32)26-14-17-6-3-2-4-7-17/h2-11,15,19H,12-14,16H2,1H3,(H,26,32)/t19-/m0/s1. The van der Waals surface area contributed by atoms with Gasteiger partial charge in [-0.3, -0.25) is 14.1 Å². The number of aromatic nitrogens is 5. The number of hydrogen-bond donors (Lipinski definition) is 1. The molecule has 0 bridgehead atoms. The molecule has 1 atom stereocenters. The molecule has 4 heterocycles. The number of carbonyl (C=O) groups is 1. The lowest BCUT2D eigenvalue weighted by atomic mass is 10.1. The zero-order chi connectivity index (χ0) is 21.9. The molecule has 1 saturated heterocycles. The zero-order valence-corrected chi connectivity index (χ0v) is 17.8. The maximum absolute atomic E-state index is 12.8. The molecular weight excluding hydrogens is 404 g/mol. The van der Waals surface area contributed by atoms with Gasteiger partial charge in [0.05, 0.1) is 11.6 Å². The van der Waals surface area contributed by atoms with E-state index < -0.39 is 0 Å².